The van der Waals surface area contributed by atoms with Crippen LogP contribution in [0.4, 0.5) is 0 Å². The third-order valence-electron chi connectivity index (χ3n) is 1.74. The highest BCUT2D eigenvalue weighted by Crippen LogP contribution is 2.07. The first-order valence-corrected chi connectivity index (χ1v) is 4.97. The van der Waals surface area contributed by atoms with Gasteiger partial charge < -0.3 is 10.5 Å². The summed E-state index contributed by atoms with van der Waals surface area (Å²) in [5.41, 5.74) is 6.17. The highest BCUT2D eigenvalue weighted by atomic mass is 32.1. The van der Waals surface area contributed by atoms with Crippen molar-refractivity contribution in [1.29, 1.82) is 0 Å². The van der Waals surface area contributed by atoms with Crippen LogP contribution in [0.2, 0.25) is 0 Å². The molecule has 1 aromatic rings. The molecule has 15 heavy (non-hydrogen) atoms. The van der Waals surface area contributed by atoms with Crippen LogP contribution in [0.3, 0.4) is 0 Å². The molecule has 4 heteroatoms. The predicted molar refractivity (Wildman–Crippen MR) is 63.7 cm³/mol. The molecule has 2 N–H and O–H groups in total. The van der Waals surface area contributed by atoms with E-state index in [1.54, 1.807) is 18.3 Å². The van der Waals surface area contributed by atoms with Gasteiger partial charge in [0.15, 0.2) is 0 Å². The molecule has 1 heterocycles. The van der Waals surface area contributed by atoms with Crippen LogP contribution < -0.4 is 10.5 Å². The second kappa shape index (κ2) is 5.99. The summed E-state index contributed by atoms with van der Waals surface area (Å²) in [6.07, 6.45) is 8.25. The predicted octanol–water partition coefficient (Wildman–Crippen LogP) is 1.51. The number of nitrogens with two attached hydrogens (primary N) is 1. The number of hydrogen-bond donors (Lipinski definition) is 1. The van der Waals surface area contributed by atoms with Crippen LogP contribution >= 0.6 is 12.2 Å². The molecule has 0 aliphatic rings. The molecule has 0 aromatic carbocycles. The number of ether oxygens (including phenoxy) is 1. The molecule has 0 atom stereocenters. The van der Waals surface area contributed by atoms with Gasteiger partial charge in [-0.3, -0.25) is 0 Å². The van der Waals surface area contributed by atoms with Gasteiger partial charge >= 0.3 is 0 Å². The van der Waals surface area contributed by atoms with E-state index in [0.717, 1.165) is 12.0 Å². The van der Waals surface area contributed by atoms with Gasteiger partial charge in [-0.1, -0.05) is 12.2 Å². The summed E-state index contributed by atoms with van der Waals surface area (Å²) in [5, 5.41) is 0. The molecule has 0 unspecified atom stereocenters. The number of rotatable bonds is 5. The minimum atomic E-state index is 0.335. The zero-order chi connectivity index (χ0) is 11.1. The Labute approximate surface area is 94.7 Å². The summed E-state index contributed by atoms with van der Waals surface area (Å²) in [6, 6.07) is 3.52. The van der Waals surface area contributed by atoms with Crippen molar-refractivity contribution in [3.63, 3.8) is 0 Å². The third kappa shape index (κ3) is 3.96. The second-order valence-corrected chi connectivity index (χ2v) is 3.35. The van der Waals surface area contributed by atoms with Crippen molar-refractivity contribution in [2.75, 3.05) is 6.61 Å². The summed E-state index contributed by atoms with van der Waals surface area (Å²) in [5.74, 6) is 3.11. The Morgan fingerprint density at radius 2 is 2.40 bits per heavy atom. The topological polar surface area (TPSA) is 48.1 Å². The summed E-state index contributed by atoms with van der Waals surface area (Å²) in [6.45, 7) is 0.573. The largest absolute Gasteiger partial charge is 0.478 e. The summed E-state index contributed by atoms with van der Waals surface area (Å²) in [4.78, 5) is 4.39. The minimum Gasteiger partial charge on any atom is -0.478 e. The molecule has 3 nitrogen and oxygen atoms in total. The monoisotopic (exact) mass is 220 g/mol. The normalized spacial score (nSPS) is 9.27. The van der Waals surface area contributed by atoms with Crippen molar-refractivity contribution in [3.8, 4) is 18.2 Å². The Morgan fingerprint density at radius 3 is 2.93 bits per heavy atom. The van der Waals surface area contributed by atoms with Crippen LogP contribution in [0.15, 0.2) is 18.3 Å². The minimum absolute atomic E-state index is 0.335. The molecule has 0 radical (unpaired) electrons. The molecule has 1 rings (SSSR count). The van der Waals surface area contributed by atoms with Crippen LogP contribution in [-0.4, -0.2) is 16.6 Å². The van der Waals surface area contributed by atoms with Crippen molar-refractivity contribution in [1.82, 2.24) is 4.98 Å². The average Bonchev–Trinajstić information content (AvgIpc) is 2.25. The van der Waals surface area contributed by atoms with E-state index in [0.29, 0.717) is 23.9 Å². The molecule has 78 valence electrons. The van der Waals surface area contributed by atoms with Crippen LogP contribution in [0, 0.1) is 12.3 Å². The molecule has 0 saturated carbocycles. The maximum absolute atomic E-state index is 5.43. The van der Waals surface area contributed by atoms with Crippen molar-refractivity contribution in [2.24, 2.45) is 5.73 Å². The molecule has 0 spiro atoms. The molecule has 0 fully saturated rings. The number of unbranched alkanes of at least 4 members (excludes halogenated alkanes) is 1. The molecule has 0 amide bonds. The quantitative estimate of drug-likeness (QED) is 0.464. The maximum Gasteiger partial charge on any atom is 0.213 e. The zero-order valence-electron chi connectivity index (χ0n) is 8.27. The van der Waals surface area contributed by atoms with E-state index < -0.39 is 0 Å². The standard InChI is InChI=1S/C11H12N2OS/c1-2-3-4-7-14-10-6-5-9(8-13-10)11(12)15/h1,5-6,8H,3-4,7H2,(H2,12,15). The summed E-state index contributed by atoms with van der Waals surface area (Å²) in [7, 11) is 0. The first-order chi connectivity index (χ1) is 7.24. The van der Waals surface area contributed by atoms with Crippen molar-refractivity contribution < 1.29 is 4.74 Å². The lowest BCUT2D eigenvalue weighted by Gasteiger charge is -2.04. The van der Waals surface area contributed by atoms with Gasteiger partial charge in [0.05, 0.1) is 6.61 Å². The molecule has 0 aliphatic heterocycles. The van der Waals surface area contributed by atoms with E-state index in [4.69, 9.17) is 29.1 Å². The van der Waals surface area contributed by atoms with Crippen molar-refractivity contribution in [2.45, 2.75) is 12.8 Å². The fourth-order valence-corrected chi connectivity index (χ4v) is 1.08. The first kappa shape index (κ1) is 11.5. The van der Waals surface area contributed by atoms with Crippen molar-refractivity contribution in [3.05, 3.63) is 23.9 Å². The highest BCUT2D eigenvalue weighted by Gasteiger charge is 1.98. The van der Waals surface area contributed by atoms with E-state index in [1.165, 1.54) is 0 Å². The number of pyridine rings is 1. The maximum atomic E-state index is 5.43. The molecule has 1 aromatic heterocycles. The van der Waals surface area contributed by atoms with Gasteiger partial charge in [0.2, 0.25) is 5.88 Å². The first-order valence-electron chi connectivity index (χ1n) is 4.56. The Hall–Kier alpha value is -1.60. The fraction of sp³-hybridized carbons (Fsp3) is 0.273. The van der Waals surface area contributed by atoms with E-state index in [-0.39, 0.29) is 0 Å². The fourth-order valence-electron chi connectivity index (χ4n) is 0.962. The highest BCUT2D eigenvalue weighted by molar-refractivity contribution is 7.80. The third-order valence-corrected chi connectivity index (χ3v) is 1.97. The number of nitrogens with zero attached hydrogens (tertiary/aromatic N) is 1. The van der Waals surface area contributed by atoms with Gasteiger partial charge in [0, 0.05) is 24.2 Å². The van der Waals surface area contributed by atoms with E-state index in [2.05, 4.69) is 10.9 Å². The van der Waals surface area contributed by atoms with E-state index in [1.807, 2.05) is 0 Å². The Bertz CT molecular complexity index is 367. The lowest BCUT2D eigenvalue weighted by molar-refractivity contribution is 0.301. The Morgan fingerprint density at radius 1 is 1.60 bits per heavy atom. The molecule has 0 bridgehead atoms. The van der Waals surface area contributed by atoms with Crippen LogP contribution in [-0.2, 0) is 0 Å². The molecule has 0 saturated heterocycles. The lowest BCUT2D eigenvalue weighted by atomic mass is 10.3. The van der Waals surface area contributed by atoms with Gasteiger partial charge in [0.25, 0.3) is 0 Å². The smallest absolute Gasteiger partial charge is 0.213 e. The Kier molecular flexibility index (Phi) is 4.58. The number of aromatic nitrogens is 1. The molecule has 0 aliphatic carbocycles. The van der Waals surface area contributed by atoms with Crippen molar-refractivity contribution >= 4 is 17.2 Å². The van der Waals surface area contributed by atoms with E-state index >= 15 is 0 Å². The van der Waals surface area contributed by atoms with Crippen LogP contribution in [0.1, 0.15) is 18.4 Å². The van der Waals surface area contributed by atoms with E-state index in [9.17, 15) is 0 Å². The zero-order valence-corrected chi connectivity index (χ0v) is 9.09. The number of hydrogen-bond acceptors (Lipinski definition) is 3. The number of terminal acetylenes is 1. The van der Waals surface area contributed by atoms with Gasteiger partial charge in [0.1, 0.15) is 4.99 Å². The van der Waals surface area contributed by atoms with Gasteiger partial charge in [-0.25, -0.2) is 4.98 Å². The van der Waals surface area contributed by atoms with Gasteiger partial charge in [-0.2, -0.15) is 0 Å². The van der Waals surface area contributed by atoms with Crippen LogP contribution in [0.5, 0.6) is 5.88 Å². The lowest BCUT2D eigenvalue weighted by Crippen LogP contribution is -2.09. The Balaban J connectivity index is 2.43. The van der Waals surface area contributed by atoms with Gasteiger partial charge in [-0.15, -0.1) is 12.3 Å². The van der Waals surface area contributed by atoms with Gasteiger partial charge in [-0.05, 0) is 12.5 Å². The van der Waals surface area contributed by atoms with Crippen LogP contribution in [0.25, 0.3) is 0 Å². The SMILES string of the molecule is C#CCCCOc1ccc(C(N)=S)cn1. The summed E-state index contributed by atoms with van der Waals surface area (Å²) >= 11 is 4.80. The molecular weight excluding hydrogens is 208 g/mol. The number of thiocarbonyl (C=S) groups is 1. The summed E-state index contributed by atoms with van der Waals surface area (Å²) < 4.78 is 5.35. The molecular formula is C11H12N2OS. The average molecular weight is 220 g/mol. The second-order valence-electron chi connectivity index (χ2n) is 2.91.